The molecule has 0 radical (unpaired) electrons. The highest BCUT2D eigenvalue weighted by Gasteiger charge is 2.32. The zero-order valence-electron chi connectivity index (χ0n) is 9.77. The van der Waals surface area contributed by atoms with Gasteiger partial charge in [0.2, 0.25) is 3.79 Å². The van der Waals surface area contributed by atoms with Crippen molar-refractivity contribution < 1.29 is 13.3 Å². The minimum absolute atomic E-state index is 0.126. The van der Waals surface area contributed by atoms with E-state index in [0.29, 0.717) is 6.42 Å². The Morgan fingerprint density at radius 1 is 1.32 bits per heavy atom. The molecule has 0 spiro atoms. The molecule has 0 bridgehead atoms. The average Bonchev–Trinajstić information content (AvgIpc) is 2.26. The van der Waals surface area contributed by atoms with E-state index < -0.39 is 18.6 Å². The Bertz CT molecular complexity index is 595. The van der Waals surface area contributed by atoms with Gasteiger partial charge in [-0.05, 0) is 12.5 Å². The summed E-state index contributed by atoms with van der Waals surface area (Å²) < 4.78 is 22.0. The Balaban J connectivity index is 3.54. The summed E-state index contributed by atoms with van der Waals surface area (Å²) in [5.74, 6) is -0.126. The van der Waals surface area contributed by atoms with E-state index in [1.807, 2.05) is 0 Å². The van der Waals surface area contributed by atoms with Crippen LogP contribution in [0, 0.1) is 10.1 Å². The molecule has 0 saturated carbocycles. The van der Waals surface area contributed by atoms with Crippen LogP contribution in [0.4, 0.5) is 5.69 Å². The first kappa shape index (κ1) is 16.5. The minimum atomic E-state index is -3.64. The molecule has 0 aliphatic heterocycles. The highest BCUT2D eigenvalue weighted by Crippen LogP contribution is 2.43. The number of benzene rings is 1. The van der Waals surface area contributed by atoms with E-state index in [1.165, 1.54) is 0 Å². The lowest BCUT2D eigenvalue weighted by Crippen LogP contribution is -2.14. The van der Waals surface area contributed by atoms with Crippen LogP contribution >= 0.6 is 34.8 Å². The third-order valence-electron chi connectivity index (χ3n) is 2.29. The average molecular weight is 347 g/mol. The van der Waals surface area contributed by atoms with E-state index in [2.05, 4.69) is 0 Å². The predicted molar refractivity (Wildman–Crippen MR) is 74.7 cm³/mol. The second kappa shape index (κ2) is 5.83. The summed E-state index contributed by atoms with van der Waals surface area (Å²) in [4.78, 5) is 9.81. The number of nitro groups is 1. The van der Waals surface area contributed by atoms with Gasteiger partial charge in [0.1, 0.15) is 0 Å². The Morgan fingerprint density at radius 3 is 2.32 bits per heavy atom. The van der Waals surface area contributed by atoms with Gasteiger partial charge in [0.05, 0.1) is 15.6 Å². The van der Waals surface area contributed by atoms with Gasteiger partial charge in [0, 0.05) is 17.7 Å². The molecule has 0 heterocycles. The Morgan fingerprint density at radius 2 is 1.89 bits per heavy atom. The van der Waals surface area contributed by atoms with E-state index in [-0.39, 0.29) is 21.9 Å². The van der Waals surface area contributed by atoms with Crippen molar-refractivity contribution in [3.05, 3.63) is 33.9 Å². The molecule has 1 rings (SSSR count). The number of nitrogens with zero attached hydrogens (tertiary/aromatic N) is 1. The monoisotopic (exact) mass is 345 g/mol. The van der Waals surface area contributed by atoms with Gasteiger partial charge in [-0.3, -0.25) is 10.1 Å². The standard InChI is InChI=1S/C10H10Cl3NO4S/c1-2-5-19(17,18)9-4-3-7(14(15)16)6-8(9)10(11,12)13/h3-4,6H,2,5H2,1H3. The first-order valence-electron chi connectivity index (χ1n) is 5.18. The molecule has 106 valence electrons. The number of alkyl halides is 3. The number of nitro benzene ring substituents is 1. The van der Waals surface area contributed by atoms with E-state index >= 15 is 0 Å². The maximum absolute atomic E-state index is 12.0. The van der Waals surface area contributed by atoms with Crippen LogP contribution < -0.4 is 0 Å². The van der Waals surface area contributed by atoms with Crippen LogP contribution in [-0.4, -0.2) is 19.1 Å². The smallest absolute Gasteiger partial charge is 0.258 e. The zero-order chi connectivity index (χ0) is 14.8. The maximum Gasteiger partial charge on any atom is 0.269 e. The summed E-state index contributed by atoms with van der Waals surface area (Å²) in [5.41, 5.74) is -0.545. The summed E-state index contributed by atoms with van der Waals surface area (Å²) in [7, 11) is -3.64. The molecule has 5 nitrogen and oxygen atoms in total. The van der Waals surface area contributed by atoms with E-state index in [0.717, 1.165) is 18.2 Å². The lowest BCUT2D eigenvalue weighted by molar-refractivity contribution is -0.385. The fourth-order valence-corrected chi connectivity index (χ4v) is 3.72. The van der Waals surface area contributed by atoms with Crippen molar-refractivity contribution in [2.45, 2.75) is 22.0 Å². The van der Waals surface area contributed by atoms with Gasteiger partial charge in [-0.1, -0.05) is 41.7 Å². The number of hydrogen-bond acceptors (Lipinski definition) is 4. The molecule has 0 unspecified atom stereocenters. The van der Waals surface area contributed by atoms with Gasteiger partial charge in [0.15, 0.2) is 9.84 Å². The molecular weight excluding hydrogens is 337 g/mol. The van der Waals surface area contributed by atoms with Crippen molar-refractivity contribution in [3.63, 3.8) is 0 Å². The van der Waals surface area contributed by atoms with Crippen LogP contribution in [0.2, 0.25) is 0 Å². The van der Waals surface area contributed by atoms with Crippen molar-refractivity contribution in [3.8, 4) is 0 Å². The van der Waals surface area contributed by atoms with Crippen molar-refractivity contribution >= 4 is 50.3 Å². The lowest BCUT2D eigenvalue weighted by atomic mass is 10.2. The Labute approximate surface area is 125 Å². The molecule has 0 atom stereocenters. The number of halogens is 3. The number of sulfone groups is 1. The predicted octanol–water partition coefficient (Wildman–Crippen LogP) is 3.61. The van der Waals surface area contributed by atoms with Gasteiger partial charge in [0.25, 0.3) is 5.69 Å². The summed E-state index contributed by atoms with van der Waals surface area (Å²) in [5, 5.41) is 10.7. The van der Waals surface area contributed by atoms with E-state index in [1.54, 1.807) is 6.92 Å². The molecule has 1 aromatic carbocycles. The number of rotatable bonds is 4. The van der Waals surface area contributed by atoms with Crippen LogP contribution in [0.1, 0.15) is 18.9 Å². The first-order valence-corrected chi connectivity index (χ1v) is 7.96. The molecular formula is C10H10Cl3NO4S. The second-order valence-corrected chi connectivity index (χ2v) is 8.11. The maximum atomic E-state index is 12.0. The quantitative estimate of drug-likeness (QED) is 0.474. The molecule has 0 fully saturated rings. The molecule has 0 aliphatic rings. The van der Waals surface area contributed by atoms with Gasteiger partial charge in [-0.2, -0.15) is 0 Å². The number of non-ortho nitro benzene ring substituents is 1. The Hall–Kier alpha value is -0.560. The normalized spacial score (nSPS) is 12.4. The lowest BCUT2D eigenvalue weighted by Gasteiger charge is -2.16. The summed E-state index contributed by atoms with van der Waals surface area (Å²) in [6, 6.07) is 3.14. The molecule has 0 N–H and O–H groups in total. The Kier molecular flexibility index (Phi) is 5.06. The van der Waals surface area contributed by atoms with Crippen LogP contribution in [0.3, 0.4) is 0 Å². The topological polar surface area (TPSA) is 77.3 Å². The summed E-state index contributed by atoms with van der Waals surface area (Å²) in [6.45, 7) is 1.69. The van der Waals surface area contributed by atoms with Crippen LogP contribution in [0.5, 0.6) is 0 Å². The zero-order valence-corrected chi connectivity index (χ0v) is 12.9. The fourth-order valence-electron chi connectivity index (χ4n) is 1.50. The van der Waals surface area contributed by atoms with Crippen molar-refractivity contribution in [1.29, 1.82) is 0 Å². The largest absolute Gasteiger partial charge is 0.269 e. The van der Waals surface area contributed by atoms with Crippen LogP contribution in [0.15, 0.2) is 23.1 Å². The van der Waals surface area contributed by atoms with Crippen molar-refractivity contribution in [2.24, 2.45) is 0 Å². The molecule has 1 aromatic rings. The third kappa shape index (κ3) is 3.95. The molecule has 0 saturated heterocycles. The van der Waals surface area contributed by atoms with E-state index in [9.17, 15) is 18.5 Å². The van der Waals surface area contributed by atoms with Gasteiger partial charge < -0.3 is 0 Å². The van der Waals surface area contributed by atoms with Crippen molar-refractivity contribution in [1.82, 2.24) is 0 Å². The first-order chi connectivity index (χ1) is 8.59. The second-order valence-electron chi connectivity index (χ2n) is 3.75. The molecule has 0 aromatic heterocycles. The molecule has 0 aliphatic carbocycles. The SMILES string of the molecule is CCCS(=O)(=O)c1ccc([N+](=O)[O-])cc1C(Cl)(Cl)Cl. The van der Waals surface area contributed by atoms with Gasteiger partial charge in [-0.25, -0.2) is 8.42 Å². The molecule has 9 heteroatoms. The van der Waals surface area contributed by atoms with Gasteiger partial charge >= 0.3 is 0 Å². The highest BCUT2D eigenvalue weighted by atomic mass is 35.6. The van der Waals surface area contributed by atoms with Crippen LogP contribution in [-0.2, 0) is 13.6 Å². The minimum Gasteiger partial charge on any atom is -0.258 e. The number of hydrogen-bond donors (Lipinski definition) is 0. The molecule has 19 heavy (non-hydrogen) atoms. The van der Waals surface area contributed by atoms with Crippen LogP contribution in [0.25, 0.3) is 0 Å². The summed E-state index contributed by atoms with van der Waals surface area (Å²) >= 11 is 17.1. The molecule has 0 amide bonds. The summed E-state index contributed by atoms with van der Waals surface area (Å²) in [6.07, 6.45) is 0.388. The van der Waals surface area contributed by atoms with Gasteiger partial charge in [-0.15, -0.1) is 0 Å². The highest BCUT2D eigenvalue weighted by molar-refractivity contribution is 7.91. The third-order valence-corrected chi connectivity index (χ3v) is 4.87. The van der Waals surface area contributed by atoms with Crippen molar-refractivity contribution in [2.75, 3.05) is 5.75 Å². The fraction of sp³-hybridized carbons (Fsp3) is 0.400. The van der Waals surface area contributed by atoms with E-state index in [4.69, 9.17) is 34.8 Å².